The lowest BCUT2D eigenvalue weighted by molar-refractivity contribution is -0.149. The molecule has 216 valence electrons. The molecule has 0 aliphatic heterocycles. The van der Waals surface area contributed by atoms with E-state index in [1.807, 2.05) is 41.5 Å². The van der Waals surface area contributed by atoms with Crippen molar-refractivity contribution in [3.8, 4) is 18.1 Å². The number of carbonyl (C=O) groups excluding carboxylic acids is 3. The highest BCUT2D eigenvalue weighted by molar-refractivity contribution is 5.93. The van der Waals surface area contributed by atoms with Crippen LogP contribution in [0.3, 0.4) is 0 Å². The molecule has 0 aromatic heterocycles. The van der Waals surface area contributed by atoms with E-state index in [-0.39, 0.29) is 12.2 Å². The van der Waals surface area contributed by atoms with Gasteiger partial charge < -0.3 is 25.4 Å². The van der Waals surface area contributed by atoms with Crippen LogP contribution >= 0.6 is 0 Å². The van der Waals surface area contributed by atoms with Gasteiger partial charge in [-0.25, -0.2) is 4.79 Å². The fourth-order valence-electron chi connectivity index (χ4n) is 4.23. The summed E-state index contributed by atoms with van der Waals surface area (Å²) in [5.41, 5.74) is -0.583. The summed E-state index contributed by atoms with van der Waals surface area (Å²) in [4.78, 5) is 42.8. The fourth-order valence-corrected chi connectivity index (χ4v) is 4.23. The zero-order chi connectivity index (χ0) is 30.5. The minimum Gasteiger partial charge on any atom is -0.508 e. The van der Waals surface area contributed by atoms with Gasteiger partial charge in [0.25, 0.3) is 0 Å². The first-order chi connectivity index (χ1) is 18.3. The van der Waals surface area contributed by atoms with Crippen LogP contribution in [0.4, 0.5) is 4.79 Å². The van der Waals surface area contributed by atoms with Gasteiger partial charge in [0, 0.05) is 23.1 Å². The summed E-state index contributed by atoms with van der Waals surface area (Å²) >= 11 is 0. The number of benzene rings is 2. The highest BCUT2D eigenvalue weighted by Crippen LogP contribution is 2.32. The van der Waals surface area contributed by atoms with E-state index >= 15 is 0 Å². The first-order valence-electron chi connectivity index (χ1n) is 13.3. The largest absolute Gasteiger partial charge is 0.508 e. The van der Waals surface area contributed by atoms with E-state index in [1.165, 1.54) is 17.0 Å². The lowest BCUT2D eigenvalue weighted by atomic mass is 9.91. The number of rotatable bonds is 7. The van der Waals surface area contributed by atoms with E-state index in [1.54, 1.807) is 57.2 Å². The zero-order valence-corrected chi connectivity index (χ0v) is 25.1. The van der Waals surface area contributed by atoms with Gasteiger partial charge in [-0.2, -0.15) is 0 Å². The zero-order valence-electron chi connectivity index (χ0n) is 25.1. The molecule has 0 spiro atoms. The Hall–Kier alpha value is -3.99. The Morgan fingerprint density at radius 2 is 1.52 bits per heavy atom. The van der Waals surface area contributed by atoms with Crippen molar-refractivity contribution in [2.24, 2.45) is 0 Å². The van der Waals surface area contributed by atoms with Crippen molar-refractivity contribution < 1.29 is 24.2 Å². The maximum Gasteiger partial charge on any atom is 0.408 e. The Morgan fingerprint density at radius 3 is 2.02 bits per heavy atom. The number of nitrogens with zero attached hydrogens (tertiary/aromatic N) is 1. The number of amides is 3. The molecular formula is C32H43N3O5. The molecule has 2 atom stereocenters. The summed E-state index contributed by atoms with van der Waals surface area (Å²) in [5.74, 6) is 1.82. The van der Waals surface area contributed by atoms with Crippen LogP contribution in [0.15, 0.2) is 48.5 Å². The predicted molar refractivity (Wildman–Crippen MR) is 157 cm³/mol. The molecule has 8 nitrogen and oxygen atoms in total. The van der Waals surface area contributed by atoms with Gasteiger partial charge in [0.2, 0.25) is 11.8 Å². The molecule has 0 saturated heterocycles. The van der Waals surface area contributed by atoms with E-state index in [0.29, 0.717) is 16.7 Å². The van der Waals surface area contributed by atoms with Crippen LogP contribution in [0.1, 0.15) is 85.0 Å². The van der Waals surface area contributed by atoms with Crippen LogP contribution in [0, 0.1) is 12.3 Å². The lowest BCUT2D eigenvalue weighted by Gasteiger charge is -2.44. The fraction of sp³-hybridized carbons (Fsp3) is 0.469. The highest BCUT2D eigenvalue weighted by Gasteiger charge is 2.43. The first kappa shape index (κ1) is 32.2. The summed E-state index contributed by atoms with van der Waals surface area (Å²) in [7, 11) is 0. The van der Waals surface area contributed by atoms with Crippen LogP contribution < -0.4 is 10.6 Å². The summed E-state index contributed by atoms with van der Waals surface area (Å²) in [6.07, 6.45) is 5.15. The van der Waals surface area contributed by atoms with Gasteiger partial charge in [-0.05, 0) is 91.6 Å². The molecule has 0 bridgehead atoms. The minimum absolute atomic E-state index is 0.0767. The van der Waals surface area contributed by atoms with Crippen molar-refractivity contribution in [3.05, 3.63) is 65.2 Å². The second-order valence-corrected chi connectivity index (χ2v) is 12.8. The van der Waals surface area contributed by atoms with Crippen LogP contribution in [-0.4, -0.2) is 50.6 Å². The van der Waals surface area contributed by atoms with Crippen molar-refractivity contribution >= 4 is 17.9 Å². The molecule has 0 saturated carbocycles. The number of phenolic OH excluding ortho intramolecular Hbond substituents is 1. The number of hydrogen-bond acceptors (Lipinski definition) is 5. The number of carbonyl (C=O) groups is 3. The molecule has 0 fully saturated rings. The van der Waals surface area contributed by atoms with Gasteiger partial charge in [-0.1, -0.05) is 36.3 Å². The third-order valence-electron chi connectivity index (χ3n) is 5.74. The van der Waals surface area contributed by atoms with Crippen LogP contribution in [0.2, 0.25) is 0 Å². The number of phenols is 1. The van der Waals surface area contributed by atoms with E-state index in [0.717, 1.165) is 0 Å². The molecule has 2 rings (SSSR count). The monoisotopic (exact) mass is 549 g/mol. The smallest absolute Gasteiger partial charge is 0.408 e. The Kier molecular flexibility index (Phi) is 10.0. The maximum absolute atomic E-state index is 14.5. The summed E-state index contributed by atoms with van der Waals surface area (Å²) in [5, 5.41) is 15.5. The first-order valence-corrected chi connectivity index (χ1v) is 13.3. The van der Waals surface area contributed by atoms with Crippen LogP contribution in [-0.2, 0) is 20.7 Å². The van der Waals surface area contributed by atoms with Crippen molar-refractivity contribution in [1.29, 1.82) is 0 Å². The number of ether oxygens (including phenoxy) is 1. The van der Waals surface area contributed by atoms with Crippen molar-refractivity contribution in [3.63, 3.8) is 0 Å². The van der Waals surface area contributed by atoms with E-state index < -0.39 is 46.7 Å². The molecule has 2 unspecified atom stereocenters. The Morgan fingerprint density at radius 1 is 0.950 bits per heavy atom. The maximum atomic E-state index is 14.5. The number of aromatic hydroxyl groups is 1. The van der Waals surface area contributed by atoms with Crippen LogP contribution in [0.5, 0.6) is 5.75 Å². The highest BCUT2D eigenvalue weighted by atomic mass is 16.6. The van der Waals surface area contributed by atoms with E-state index in [4.69, 9.17) is 11.2 Å². The average molecular weight is 550 g/mol. The molecule has 0 radical (unpaired) electrons. The minimum atomic E-state index is -1.10. The summed E-state index contributed by atoms with van der Waals surface area (Å²) in [6, 6.07) is 11.2. The number of alkyl carbamates (subject to hydrolysis) is 1. The van der Waals surface area contributed by atoms with E-state index in [2.05, 4.69) is 16.6 Å². The number of hydrogen-bond donors (Lipinski definition) is 3. The molecular weight excluding hydrogens is 506 g/mol. The summed E-state index contributed by atoms with van der Waals surface area (Å²) in [6.45, 7) is 16.2. The van der Waals surface area contributed by atoms with Gasteiger partial charge in [0.05, 0.1) is 0 Å². The molecule has 40 heavy (non-hydrogen) atoms. The Labute approximate surface area is 238 Å². The van der Waals surface area contributed by atoms with E-state index in [9.17, 15) is 19.5 Å². The quantitative estimate of drug-likeness (QED) is 0.417. The summed E-state index contributed by atoms with van der Waals surface area (Å²) < 4.78 is 5.47. The molecule has 0 aliphatic carbocycles. The third-order valence-corrected chi connectivity index (χ3v) is 5.74. The second-order valence-electron chi connectivity index (χ2n) is 12.8. The standard InChI is InChI=1S/C32H43N3O5/c1-11-22-14-12-13-15-24(22)26(27(37)34-30(2,3)4)35(31(5,6)7)28(38)25(33-29(39)40-32(8,9)10)20-21-16-18-23(36)19-17-21/h1,12-19,25-26,36H,20H2,2-10H3,(H,33,39)(H,34,37). The van der Waals surface area contributed by atoms with Crippen molar-refractivity contribution in [2.45, 2.75) is 97.5 Å². The Bertz CT molecular complexity index is 1240. The lowest BCUT2D eigenvalue weighted by Crippen LogP contribution is -2.60. The SMILES string of the molecule is C#Cc1ccccc1C(C(=O)NC(C)(C)C)N(C(=O)C(Cc1ccc(O)cc1)NC(=O)OC(C)(C)C)C(C)(C)C. The predicted octanol–water partition coefficient (Wildman–Crippen LogP) is 5.09. The molecule has 2 aromatic carbocycles. The van der Waals surface area contributed by atoms with Gasteiger partial charge in [0.15, 0.2) is 0 Å². The van der Waals surface area contributed by atoms with Crippen molar-refractivity contribution in [1.82, 2.24) is 15.5 Å². The second kappa shape index (κ2) is 12.5. The molecule has 2 aromatic rings. The topological polar surface area (TPSA) is 108 Å². The van der Waals surface area contributed by atoms with Gasteiger partial charge >= 0.3 is 6.09 Å². The molecule has 0 heterocycles. The van der Waals surface area contributed by atoms with Crippen LogP contribution in [0.25, 0.3) is 0 Å². The number of nitrogens with one attached hydrogen (secondary N) is 2. The third kappa shape index (κ3) is 9.33. The Balaban J connectivity index is 2.70. The average Bonchev–Trinajstić information content (AvgIpc) is 2.80. The molecule has 8 heteroatoms. The molecule has 0 aliphatic rings. The van der Waals surface area contributed by atoms with Gasteiger partial charge in [-0.3, -0.25) is 9.59 Å². The molecule has 3 amide bonds. The normalized spacial score (nSPS) is 13.4. The molecule has 3 N–H and O–H groups in total. The van der Waals surface area contributed by atoms with Gasteiger partial charge in [-0.15, -0.1) is 6.42 Å². The van der Waals surface area contributed by atoms with Crippen molar-refractivity contribution in [2.75, 3.05) is 0 Å². The van der Waals surface area contributed by atoms with Gasteiger partial charge in [0.1, 0.15) is 23.4 Å². The number of terminal acetylenes is 1.